The summed E-state index contributed by atoms with van der Waals surface area (Å²) in [6.45, 7) is 3.82. The van der Waals surface area contributed by atoms with Gasteiger partial charge in [-0.3, -0.25) is 0 Å². The summed E-state index contributed by atoms with van der Waals surface area (Å²) in [7, 11) is 1.85. The molecule has 1 aliphatic carbocycles. The fourth-order valence-electron chi connectivity index (χ4n) is 8.05. The minimum absolute atomic E-state index is 0.163. The van der Waals surface area contributed by atoms with E-state index in [0.717, 1.165) is 55.5 Å². The molecule has 6 atom stereocenters. The van der Waals surface area contributed by atoms with Gasteiger partial charge < -0.3 is 14.6 Å². The summed E-state index contributed by atoms with van der Waals surface area (Å²) in [5, 5.41) is 12.7. The van der Waals surface area contributed by atoms with Crippen LogP contribution in [0.5, 0.6) is 5.75 Å². The Balaban J connectivity index is 1.29. The van der Waals surface area contributed by atoms with Gasteiger partial charge in [-0.05, 0) is 55.6 Å². The summed E-state index contributed by atoms with van der Waals surface area (Å²) in [4.78, 5) is 19.2. The first-order chi connectivity index (χ1) is 19.6. The Kier molecular flexibility index (Phi) is 8.10. The largest absolute Gasteiger partial charge is 0.493 e. The molecular formula is C34H42NO5+. The monoisotopic (exact) mass is 544 g/mol. The predicted molar refractivity (Wildman–Crippen MR) is 156 cm³/mol. The molecule has 1 N–H and O–H groups in total. The van der Waals surface area contributed by atoms with Crippen molar-refractivity contribution in [3.63, 3.8) is 0 Å². The molecule has 4 aliphatic rings. The van der Waals surface area contributed by atoms with E-state index in [1.807, 2.05) is 37.5 Å². The van der Waals surface area contributed by atoms with E-state index >= 15 is 0 Å². The highest BCUT2D eigenvalue weighted by atomic mass is 16.7. The third-order valence-electron chi connectivity index (χ3n) is 9.69. The molecule has 0 aromatic heterocycles. The maximum atomic E-state index is 12.8. The molecule has 6 nitrogen and oxygen atoms in total. The number of allylic oxidation sites excluding steroid dienone is 2. The number of hydroxylamine groups is 3. The van der Waals surface area contributed by atoms with Crippen LogP contribution in [-0.4, -0.2) is 61.8 Å². The van der Waals surface area contributed by atoms with E-state index in [-0.39, 0.29) is 12.0 Å². The van der Waals surface area contributed by atoms with Crippen LogP contribution >= 0.6 is 0 Å². The number of carbonyl (C=O) groups is 1. The van der Waals surface area contributed by atoms with E-state index in [1.165, 1.54) is 12.0 Å². The van der Waals surface area contributed by atoms with E-state index in [1.54, 1.807) is 0 Å². The van der Waals surface area contributed by atoms with Crippen LogP contribution < -0.4 is 4.74 Å². The summed E-state index contributed by atoms with van der Waals surface area (Å²) in [5.41, 5.74) is 1.70. The number of quaternary nitrogens is 1. The molecular weight excluding hydrogens is 502 g/mol. The minimum Gasteiger partial charge on any atom is -0.493 e. The zero-order valence-corrected chi connectivity index (χ0v) is 23.5. The zero-order chi connectivity index (χ0) is 27.5. The molecule has 40 heavy (non-hydrogen) atoms. The zero-order valence-electron chi connectivity index (χ0n) is 23.5. The lowest BCUT2D eigenvalue weighted by molar-refractivity contribution is -1.11. The molecule has 6 heteroatoms. The Labute approximate surface area is 237 Å². The topological polar surface area (TPSA) is 65.0 Å². The summed E-state index contributed by atoms with van der Waals surface area (Å²) in [6.07, 6.45) is 14.2. The molecule has 0 amide bonds. The Hall–Kier alpha value is -2.93. The van der Waals surface area contributed by atoms with Crippen LogP contribution in [0.3, 0.4) is 0 Å². The van der Waals surface area contributed by atoms with Crippen molar-refractivity contribution >= 4 is 16.7 Å². The molecule has 212 valence electrons. The Morgan fingerprint density at radius 3 is 2.88 bits per heavy atom. The first-order valence-electron chi connectivity index (χ1n) is 15.0. The van der Waals surface area contributed by atoms with Gasteiger partial charge >= 0.3 is 5.97 Å². The normalized spacial score (nSPS) is 33.2. The van der Waals surface area contributed by atoms with Gasteiger partial charge in [0.25, 0.3) is 0 Å². The maximum absolute atomic E-state index is 12.8. The van der Waals surface area contributed by atoms with Gasteiger partial charge in [0.05, 0.1) is 20.3 Å². The second-order valence-corrected chi connectivity index (χ2v) is 12.0. The van der Waals surface area contributed by atoms with Crippen molar-refractivity contribution < 1.29 is 28.9 Å². The van der Waals surface area contributed by atoms with Crippen molar-refractivity contribution in [3.8, 4) is 5.75 Å². The van der Waals surface area contributed by atoms with Crippen molar-refractivity contribution in [3.05, 3.63) is 77.9 Å². The summed E-state index contributed by atoms with van der Waals surface area (Å²) >= 11 is 0. The molecule has 3 aliphatic heterocycles. The number of benzene rings is 2. The third-order valence-corrected chi connectivity index (χ3v) is 9.69. The molecule has 3 bridgehead atoms. The van der Waals surface area contributed by atoms with E-state index in [2.05, 4.69) is 36.4 Å². The Bertz CT molecular complexity index is 1310. The highest BCUT2D eigenvalue weighted by molar-refractivity contribution is 5.88. The second-order valence-electron chi connectivity index (χ2n) is 12.0. The number of carboxylic acids is 1. The first-order valence-corrected chi connectivity index (χ1v) is 15.0. The molecule has 2 saturated heterocycles. The van der Waals surface area contributed by atoms with Crippen LogP contribution in [0.15, 0.2) is 77.9 Å². The Morgan fingerprint density at radius 1 is 1.12 bits per heavy atom. The van der Waals surface area contributed by atoms with Crippen LogP contribution in [0.25, 0.3) is 10.8 Å². The quantitative estimate of drug-likeness (QED) is 0.326. The number of ether oxygens (including phenoxy) is 2. The van der Waals surface area contributed by atoms with E-state index < -0.39 is 5.97 Å². The van der Waals surface area contributed by atoms with Crippen molar-refractivity contribution in [2.24, 2.45) is 23.7 Å². The maximum Gasteiger partial charge on any atom is 0.331 e. The van der Waals surface area contributed by atoms with Crippen LogP contribution in [0.2, 0.25) is 0 Å². The van der Waals surface area contributed by atoms with Crippen molar-refractivity contribution in [2.75, 3.05) is 40.0 Å². The lowest BCUT2D eigenvalue weighted by Gasteiger charge is -2.43. The Morgan fingerprint density at radius 2 is 2.00 bits per heavy atom. The number of nitrogens with zero attached hydrogens (tertiary/aromatic N) is 1. The molecule has 3 heterocycles. The molecule has 0 spiro atoms. The summed E-state index contributed by atoms with van der Waals surface area (Å²) < 4.78 is 12.8. The average Bonchev–Trinajstić information content (AvgIpc) is 3.21. The van der Waals surface area contributed by atoms with Gasteiger partial charge in [0.15, 0.2) is 0 Å². The fraction of sp³-hybridized carbons (Fsp3) is 0.500. The van der Waals surface area contributed by atoms with Gasteiger partial charge in [0, 0.05) is 41.2 Å². The number of fused-ring (bicyclic) bond motifs is 4. The number of rotatable bonds is 7. The van der Waals surface area contributed by atoms with E-state index in [4.69, 9.17) is 14.3 Å². The average molecular weight is 545 g/mol. The first kappa shape index (κ1) is 27.3. The number of aliphatic carboxylic acids is 1. The third kappa shape index (κ3) is 5.25. The van der Waals surface area contributed by atoms with Crippen LogP contribution in [-0.2, 0) is 14.4 Å². The van der Waals surface area contributed by atoms with Gasteiger partial charge in [-0.25, -0.2) is 9.63 Å². The highest BCUT2D eigenvalue weighted by Crippen LogP contribution is 2.52. The molecule has 2 aromatic rings. The number of carboxylic acid groups (broad SMARTS) is 1. The molecule has 0 radical (unpaired) electrons. The molecule has 2 fully saturated rings. The molecule has 0 saturated carbocycles. The summed E-state index contributed by atoms with van der Waals surface area (Å²) in [5.74, 6) is 1.39. The van der Waals surface area contributed by atoms with Gasteiger partial charge in [0.1, 0.15) is 24.9 Å². The smallest absolute Gasteiger partial charge is 0.331 e. The number of piperidine rings is 1. The lowest BCUT2D eigenvalue weighted by Crippen LogP contribution is -2.57. The molecule has 6 unspecified atom stereocenters. The SMILES string of the molecule is CO[N+]12CC3CCCOCC/C=C(/C(=O)O)C(CCCOc4cccc5ccccc45)C4=CC=CC(C(C3)C1)C42. The predicted octanol–water partition coefficient (Wildman–Crippen LogP) is 6.34. The van der Waals surface area contributed by atoms with Crippen molar-refractivity contribution in [1.29, 1.82) is 0 Å². The van der Waals surface area contributed by atoms with Crippen LogP contribution in [0, 0.1) is 23.7 Å². The minimum atomic E-state index is -0.836. The van der Waals surface area contributed by atoms with E-state index in [0.29, 0.717) is 54.0 Å². The lowest BCUT2D eigenvalue weighted by atomic mass is 9.74. The van der Waals surface area contributed by atoms with Gasteiger partial charge in [0.2, 0.25) is 0 Å². The number of hydrogen-bond donors (Lipinski definition) is 1. The second kappa shape index (κ2) is 11.9. The van der Waals surface area contributed by atoms with Gasteiger partial charge in [-0.15, -0.1) is 0 Å². The van der Waals surface area contributed by atoms with Gasteiger partial charge in [-0.2, -0.15) is 4.65 Å². The van der Waals surface area contributed by atoms with Crippen LogP contribution in [0.4, 0.5) is 0 Å². The van der Waals surface area contributed by atoms with Gasteiger partial charge in [-0.1, -0.05) is 60.7 Å². The standard InChI is InChI=1S/C34H41NO5/c1-38-35-22-24-9-6-18-39-19-7-16-31(34(36)37)29(30-14-5-13-28(33(30)35)26(21-24)23-35)15-8-20-40-32-17-4-11-25-10-2-3-12-27(25)32/h2-5,10-14,16-17,24,26,28-29,33H,6-9,15,18-23H2,1H3/p+1/b31-16+. The summed E-state index contributed by atoms with van der Waals surface area (Å²) in [6, 6.07) is 14.5. The van der Waals surface area contributed by atoms with Crippen molar-refractivity contribution in [2.45, 2.75) is 44.6 Å². The van der Waals surface area contributed by atoms with Crippen molar-refractivity contribution in [1.82, 2.24) is 0 Å². The van der Waals surface area contributed by atoms with Crippen LogP contribution in [0.1, 0.15) is 38.5 Å². The molecule has 6 rings (SSSR count). The fourth-order valence-corrected chi connectivity index (χ4v) is 8.05. The number of hydrogen-bond acceptors (Lipinski definition) is 4. The molecule has 2 aromatic carbocycles. The highest BCUT2D eigenvalue weighted by Gasteiger charge is 2.61. The van der Waals surface area contributed by atoms with E-state index in [9.17, 15) is 9.90 Å².